The van der Waals surface area contributed by atoms with Crippen molar-refractivity contribution < 1.29 is 14.6 Å². The van der Waals surface area contributed by atoms with Gasteiger partial charge in [0.05, 0.1) is 6.61 Å². The molecule has 0 saturated carbocycles. The predicted octanol–water partition coefficient (Wildman–Crippen LogP) is 0.468. The second-order valence-electron chi connectivity index (χ2n) is 4.75. The lowest BCUT2D eigenvalue weighted by Gasteiger charge is -2.27. The van der Waals surface area contributed by atoms with E-state index in [9.17, 15) is 9.90 Å². The average Bonchev–Trinajstić information content (AvgIpc) is 2.79. The van der Waals surface area contributed by atoms with E-state index in [4.69, 9.17) is 10.5 Å². The SMILES string of the molecule is CN(Cc1ccccc1O)C(=O)C1(N)CCOC1. The van der Waals surface area contributed by atoms with Crippen LogP contribution in [0.1, 0.15) is 12.0 Å². The third-order valence-electron chi connectivity index (χ3n) is 3.22. The van der Waals surface area contributed by atoms with E-state index >= 15 is 0 Å². The molecule has 5 nitrogen and oxygen atoms in total. The molecule has 1 aromatic rings. The maximum absolute atomic E-state index is 12.2. The van der Waals surface area contributed by atoms with Crippen LogP contribution in [-0.2, 0) is 16.1 Å². The highest BCUT2D eigenvalue weighted by Gasteiger charge is 2.40. The summed E-state index contributed by atoms with van der Waals surface area (Å²) in [6.07, 6.45) is 0.539. The number of phenols is 1. The number of carbonyl (C=O) groups excluding carboxylic acids is 1. The number of aromatic hydroxyl groups is 1. The molecule has 1 saturated heterocycles. The van der Waals surface area contributed by atoms with Crippen molar-refractivity contribution in [1.29, 1.82) is 0 Å². The molecule has 98 valence electrons. The van der Waals surface area contributed by atoms with E-state index < -0.39 is 5.54 Å². The summed E-state index contributed by atoms with van der Waals surface area (Å²) >= 11 is 0. The Kier molecular flexibility index (Phi) is 3.54. The van der Waals surface area contributed by atoms with E-state index in [0.29, 0.717) is 25.1 Å². The molecule has 18 heavy (non-hydrogen) atoms. The van der Waals surface area contributed by atoms with E-state index in [0.717, 1.165) is 0 Å². The summed E-state index contributed by atoms with van der Waals surface area (Å²) in [4.78, 5) is 13.8. The molecule has 1 aliphatic rings. The van der Waals surface area contributed by atoms with Gasteiger partial charge in [-0.15, -0.1) is 0 Å². The summed E-state index contributed by atoms with van der Waals surface area (Å²) in [6, 6.07) is 6.96. The van der Waals surface area contributed by atoms with Crippen molar-refractivity contribution in [1.82, 2.24) is 4.90 Å². The van der Waals surface area contributed by atoms with Crippen LogP contribution in [0.3, 0.4) is 0 Å². The van der Waals surface area contributed by atoms with Crippen molar-refractivity contribution in [2.75, 3.05) is 20.3 Å². The van der Waals surface area contributed by atoms with Crippen molar-refractivity contribution >= 4 is 5.91 Å². The van der Waals surface area contributed by atoms with Gasteiger partial charge in [-0.05, 0) is 12.5 Å². The first-order chi connectivity index (χ1) is 8.53. The number of para-hydroxylation sites is 1. The summed E-state index contributed by atoms with van der Waals surface area (Å²) in [5, 5.41) is 9.68. The number of phenolic OH excluding ortho intramolecular Hbond substituents is 1. The lowest BCUT2D eigenvalue weighted by molar-refractivity contribution is -0.136. The topological polar surface area (TPSA) is 75.8 Å². The van der Waals surface area contributed by atoms with E-state index in [1.54, 1.807) is 25.2 Å². The summed E-state index contributed by atoms with van der Waals surface area (Å²) < 4.78 is 5.18. The number of nitrogens with zero attached hydrogens (tertiary/aromatic N) is 1. The van der Waals surface area contributed by atoms with Crippen LogP contribution in [0.5, 0.6) is 5.75 Å². The minimum absolute atomic E-state index is 0.150. The Labute approximate surface area is 106 Å². The molecule has 5 heteroatoms. The van der Waals surface area contributed by atoms with Crippen LogP contribution in [-0.4, -0.2) is 41.7 Å². The molecular weight excluding hydrogens is 232 g/mol. The predicted molar refractivity (Wildman–Crippen MR) is 66.9 cm³/mol. The molecule has 2 rings (SSSR count). The molecule has 0 aromatic heterocycles. The van der Waals surface area contributed by atoms with Crippen molar-refractivity contribution in [2.45, 2.75) is 18.5 Å². The number of benzene rings is 1. The molecule has 1 unspecified atom stereocenters. The zero-order valence-electron chi connectivity index (χ0n) is 10.4. The Balaban J connectivity index is 2.06. The maximum atomic E-state index is 12.2. The van der Waals surface area contributed by atoms with Crippen molar-refractivity contribution in [2.24, 2.45) is 5.73 Å². The molecule has 1 heterocycles. The molecule has 1 aliphatic heterocycles. The first-order valence-electron chi connectivity index (χ1n) is 5.92. The fourth-order valence-electron chi connectivity index (χ4n) is 2.10. The number of ether oxygens (including phenoxy) is 1. The van der Waals surface area contributed by atoms with Gasteiger partial charge in [0, 0.05) is 25.8 Å². The molecule has 0 bridgehead atoms. The highest BCUT2D eigenvalue weighted by atomic mass is 16.5. The molecular formula is C13H18N2O3. The summed E-state index contributed by atoms with van der Waals surface area (Å²) in [5.41, 5.74) is 5.80. The normalized spacial score (nSPS) is 23.0. The number of nitrogens with two attached hydrogens (primary N) is 1. The fourth-order valence-corrected chi connectivity index (χ4v) is 2.10. The highest BCUT2D eigenvalue weighted by Crippen LogP contribution is 2.21. The molecule has 1 amide bonds. The maximum Gasteiger partial charge on any atom is 0.245 e. The fraction of sp³-hybridized carbons (Fsp3) is 0.462. The first kappa shape index (κ1) is 12.9. The summed E-state index contributed by atoms with van der Waals surface area (Å²) in [7, 11) is 1.68. The van der Waals surface area contributed by atoms with Crippen LogP contribution < -0.4 is 5.73 Å². The van der Waals surface area contributed by atoms with Gasteiger partial charge in [0.1, 0.15) is 11.3 Å². The zero-order chi connectivity index (χ0) is 13.2. The number of amides is 1. The van der Waals surface area contributed by atoms with Crippen LogP contribution >= 0.6 is 0 Å². The molecule has 0 spiro atoms. The van der Waals surface area contributed by atoms with E-state index in [1.807, 2.05) is 6.07 Å². The molecule has 1 atom stereocenters. The number of carbonyl (C=O) groups is 1. The molecule has 0 aliphatic carbocycles. The molecule has 1 aromatic carbocycles. The van der Waals surface area contributed by atoms with Crippen LogP contribution in [0.15, 0.2) is 24.3 Å². The largest absolute Gasteiger partial charge is 0.508 e. The smallest absolute Gasteiger partial charge is 0.245 e. The Morgan fingerprint density at radius 2 is 2.28 bits per heavy atom. The Bertz CT molecular complexity index is 442. The number of rotatable bonds is 3. The highest BCUT2D eigenvalue weighted by molar-refractivity contribution is 5.86. The summed E-state index contributed by atoms with van der Waals surface area (Å²) in [6.45, 7) is 1.12. The third-order valence-corrected chi connectivity index (χ3v) is 3.22. The zero-order valence-corrected chi connectivity index (χ0v) is 10.4. The minimum Gasteiger partial charge on any atom is -0.508 e. The summed E-state index contributed by atoms with van der Waals surface area (Å²) in [5.74, 6) is 0.0362. The second kappa shape index (κ2) is 4.96. The number of hydrogen-bond acceptors (Lipinski definition) is 4. The lowest BCUT2D eigenvalue weighted by atomic mass is 9.98. The Morgan fingerprint density at radius 1 is 1.56 bits per heavy atom. The quantitative estimate of drug-likeness (QED) is 0.817. The van der Waals surface area contributed by atoms with Gasteiger partial charge in [0.25, 0.3) is 0 Å². The van der Waals surface area contributed by atoms with E-state index in [1.165, 1.54) is 4.90 Å². The number of likely N-dealkylation sites (N-methyl/N-ethyl adjacent to an activating group) is 1. The van der Waals surface area contributed by atoms with Crippen molar-refractivity contribution in [3.05, 3.63) is 29.8 Å². The van der Waals surface area contributed by atoms with Crippen molar-refractivity contribution in [3.8, 4) is 5.75 Å². The van der Waals surface area contributed by atoms with Gasteiger partial charge in [-0.3, -0.25) is 4.79 Å². The van der Waals surface area contributed by atoms with E-state index in [2.05, 4.69) is 0 Å². The van der Waals surface area contributed by atoms with Crippen molar-refractivity contribution in [3.63, 3.8) is 0 Å². The minimum atomic E-state index is -0.918. The van der Waals surface area contributed by atoms with Gasteiger partial charge in [-0.1, -0.05) is 18.2 Å². The second-order valence-corrected chi connectivity index (χ2v) is 4.75. The van der Waals surface area contributed by atoms with Crippen LogP contribution in [0, 0.1) is 0 Å². The van der Waals surface area contributed by atoms with Gasteiger partial charge >= 0.3 is 0 Å². The Hall–Kier alpha value is -1.59. The third kappa shape index (κ3) is 2.47. The monoisotopic (exact) mass is 250 g/mol. The van der Waals surface area contributed by atoms with Gasteiger partial charge < -0.3 is 20.5 Å². The molecule has 0 radical (unpaired) electrons. The van der Waals surface area contributed by atoms with Gasteiger partial charge in [0.2, 0.25) is 5.91 Å². The van der Waals surface area contributed by atoms with Gasteiger partial charge in [-0.25, -0.2) is 0 Å². The lowest BCUT2D eigenvalue weighted by Crippen LogP contribution is -2.54. The van der Waals surface area contributed by atoms with Gasteiger partial charge in [-0.2, -0.15) is 0 Å². The number of hydrogen-bond donors (Lipinski definition) is 2. The van der Waals surface area contributed by atoms with Crippen LogP contribution in [0.2, 0.25) is 0 Å². The van der Waals surface area contributed by atoms with Gasteiger partial charge in [0.15, 0.2) is 0 Å². The van der Waals surface area contributed by atoms with Crippen LogP contribution in [0.4, 0.5) is 0 Å². The standard InChI is InChI=1S/C13H18N2O3/c1-15(8-10-4-2-3-5-11(10)16)12(17)13(14)6-7-18-9-13/h2-5,16H,6-9,14H2,1H3. The molecule has 1 fully saturated rings. The van der Waals surface area contributed by atoms with E-state index in [-0.39, 0.29) is 18.3 Å². The molecule has 3 N–H and O–H groups in total. The Morgan fingerprint density at radius 3 is 2.89 bits per heavy atom. The van der Waals surface area contributed by atoms with Crippen LogP contribution in [0.25, 0.3) is 0 Å². The first-order valence-corrected chi connectivity index (χ1v) is 5.92. The average molecular weight is 250 g/mol.